The summed E-state index contributed by atoms with van der Waals surface area (Å²) in [5, 5.41) is 9.39. The van der Waals surface area contributed by atoms with Crippen molar-refractivity contribution in [1.82, 2.24) is 19.7 Å². The molecule has 2 aromatic heterocycles. The molecule has 0 spiro atoms. The molecule has 6 heteroatoms. The van der Waals surface area contributed by atoms with Crippen LogP contribution < -0.4 is 5.32 Å². The van der Waals surface area contributed by atoms with Gasteiger partial charge in [-0.15, -0.1) is 12.4 Å². The first-order chi connectivity index (χ1) is 13.3. The molecule has 0 aliphatic heterocycles. The van der Waals surface area contributed by atoms with E-state index in [-0.39, 0.29) is 12.4 Å². The van der Waals surface area contributed by atoms with Gasteiger partial charge in [0, 0.05) is 17.1 Å². The van der Waals surface area contributed by atoms with Gasteiger partial charge in [-0.3, -0.25) is 0 Å². The van der Waals surface area contributed by atoms with Crippen LogP contribution in [-0.4, -0.2) is 25.8 Å². The van der Waals surface area contributed by atoms with Gasteiger partial charge in [0.05, 0.1) is 11.2 Å². The van der Waals surface area contributed by atoms with E-state index < -0.39 is 0 Å². The molecule has 1 aliphatic carbocycles. The number of aromatic nitrogens is 4. The molecule has 3 aromatic rings. The molecule has 4 rings (SSSR count). The quantitative estimate of drug-likeness (QED) is 0.583. The van der Waals surface area contributed by atoms with Gasteiger partial charge in [0.15, 0.2) is 0 Å². The molecule has 156 valence electrons. The molecule has 1 N–H and O–H groups in total. The topological polar surface area (TPSA) is 55.6 Å². The maximum Gasteiger partial charge on any atom is 0.253 e. The van der Waals surface area contributed by atoms with Crippen LogP contribution in [0.1, 0.15) is 57.8 Å². The minimum absolute atomic E-state index is 0. The minimum atomic E-state index is 0. The van der Waals surface area contributed by atoms with E-state index in [1.165, 1.54) is 25.7 Å². The molecule has 0 bridgehead atoms. The SMILES string of the molecule is Cc1cc(C)n(-c2nc(NC3CCC(C(C)(C)C)CC3)c3ccccc3n2)n1.Cl. The summed E-state index contributed by atoms with van der Waals surface area (Å²) >= 11 is 0. The van der Waals surface area contributed by atoms with Gasteiger partial charge in [-0.2, -0.15) is 10.1 Å². The second kappa shape index (κ2) is 8.31. The van der Waals surface area contributed by atoms with Crippen LogP contribution >= 0.6 is 12.4 Å². The predicted octanol–water partition coefficient (Wildman–Crippen LogP) is 5.87. The van der Waals surface area contributed by atoms with Crippen molar-refractivity contribution in [1.29, 1.82) is 0 Å². The Morgan fingerprint density at radius 1 is 1.00 bits per heavy atom. The fourth-order valence-electron chi connectivity index (χ4n) is 4.40. The van der Waals surface area contributed by atoms with Crippen molar-refractivity contribution in [2.75, 3.05) is 5.32 Å². The van der Waals surface area contributed by atoms with E-state index in [0.717, 1.165) is 34.0 Å². The summed E-state index contributed by atoms with van der Waals surface area (Å²) in [5.74, 6) is 2.36. The third-order valence-corrected chi connectivity index (χ3v) is 6.08. The molecular weight excluding hydrogens is 382 g/mol. The van der Waals surface area contributed by atoms with Gasteiger partial charge in [-0.25, -0.2) is 9.67 Å². The molecule has 1 fully saturated rings. The van der Waals surface area contributed by atoms with Crippen molar-refractivity contribution in [3.63, 3.8) is 0 Å². The van der Waals surface area contributed by atoms with Crippen LogP contribution in [0.15, 0.2) is 30.3 Å². The first kappa shape index (κ1) is 21.6. The van der Waals surface area contributed by atoms with E-state index in [4.69, 9.17) is 9.97 Å². The van der Waals surface area contributed by atoms with E-state index in [9.17, 15) is 0 Å². The molecule has 2 heterocycles. The number of nitrogens with one attached hydrogen (secondary N) is 1. The lowest BCUT2D eigenvalue weighted by molar-refractivity contribution is 0.173. The van der Waals surface area contributed by atoms with Crippen LogP contribution in [0.25, 0.3) is 16.9 Å². The summed E-state index contributed by atoms with van der Waals surface area (Å²) in [4.78, 5) is 9.65. The zero-order chi connectivity index (χ0) is 19.9. The van der Waals surface area contributed by atoms with Crippen molar-refractivity contribution >= 4 is 29.1 Å². The van der Waals surface area contributed by atoms with Crippen LogP contribution in [0.5, 0.6) is 0 Å². The predicted molar refractivity (Wildman–Crippen MR) is 122 cm³/mol. The summed E-state index contributed by atoms with van der Waals surface area (Å²) in [7, 11) is 0. The van der Waals surface area contributed by atoms with Gasteiger partial charge >= 0.3 is 0 Å². The summed E-state index contributed by atoms with van der Waals surface area (Å²) in [6.07, 6.45) is 4.92. The molecule has 0 atom stereocenters. The Balaban J connectivity index is 0.00000240. The molecule has 0 saturated heterocycles. The monoisotopic (exact) mass is 413 g/mol. The van der Waals surface area contributed by atoms with Crippen LogP contribution in [0.4, 0.5) is 5.82 Å². The van der Waals surface area contributed by atoms with Gasteiger partial charge in [0.2, 0.25) is 0 Å². The molecule has 0 unspecified atom stereocenters. The third kappa shape index (κ3) is 4.55. The second-order valence-electron chi connectivity index (χ2n) is 9.29. The number of hydrogen-bond donors (Lipinski definition) is 1. The first-order valence-electron chi connectivity index (χ1n) is 10.4. The Labute approximate surface area is 179 Å². The van der Waals surface area contributed by atoms with E-state index in [1.807, 2.05) is 30.7 Å². The van der Waals surface area contributed by atoms with E-state index in [2.05, 4.69) is 49.4 Å². The zero-order valence-electron chi connectivity index (χ0n) is 18.1. The Hall–Kier alpha value is -2.14. The van der Waals surface area contributed by atoms with Gasteiger partial charge in [-0.05, 0) is 69.1 Å². The Morgan fingerprint density at radius 2 is 1.69 bits per heavy atom. The number of rotatable bonds is 3. The molecule has 29 heavy (non-hydrogen) atoms. The normalized spacial score (nSPS) is 19.8. The molecule has 1 aliphatic rings. The van der Waals surface area contributed by atoms with Crippen LogP contribution in [0, 0.1) is 25.2 Å². The van der Waals surface area contributed by atoms with Crippen LogP contribution in [0.3, 0.4) is 0 Å². The van der Waals surface area contributed by atoms with E-state index in [0.29, 0.717) is 17.4 Å². The summed E-state index contributed by atoms with van der Waals surface area (Å²) < 4.78 is 1.84. The largest absolute Gasteiger partial charge is 0.367 e. The highest BCUT2D eigenvalue weighted by molar-refractivity contribution is 5.89. The average molecular weight is 414 g/mol. The number of anilines is 1. The number of hydrogen-bond acceptors (Lipinski definition) is 4. The number of nitrogens with zero attached hydrogens (tertiary/aromatic N) is 4. The zero-order valence-corrected chi connectivity index (χ0v) is 18.9. The molecule has 5 nitrogen and oxygen atoms in total. The fourth-order valence-corrected chi connectivity index (χ4v) is 4.40. The van der Waals surface area contributed by atoms with Crippen molar-refractivity contribution in [2.45, 2.75) is 66.3 Å². The molecular formula is C23H32ClN5. The molecule has 1 aromatic carbocycles. The van der Waals surface area contributed by atoms with Crippen molar-refractivity contribution in [3.8, 4) is 5.95 Å². The Morgan fingerprint density at radius 3 is 2.31 bits per heavy atom. The highest BCUT2D eigenvalue weighted by Gasteiger charge is 2.30. The van der Waals surface area contributed by atoms with Gasteiger partial charge in [0.25, 0.3) is 5.95 Å². The minimum Gasteiger partial charge on any atom is -0.367 e. The van der Waals surface area contributed by atoms with Crippen molar-refractivity contribution in [3.05, 3.63) is 41.7 Å². The van der Waals surface area contributed by atoms with Crippen molar-refractivity contribution < 1.29 is 0 Å². The first-order valence-corrected chi connectivity index (χ1v) is 10.4. The number of halogens is 1. The molecule has 0 radical (unpaired) electrons. The number of fused-ring (bicyclic) bond motifs is 1. The Kier molecular flexibility index (Phi) is 6.18. The van der Waals surface area contributed by atoms with Gasteiger partial charge in [-0.1, -0.05) is 32.9 Å². The van der Waals surface area contributed by atoms with Crippen molar-refractivity contribution in [2.24, 2.45) is 11.3 Å². The average Bonchev–Trinajstić information content (AvgIpc) is 2.99. The maximum atomic E-state index is 4.89. The van der Waals surface area contributed by atoms with Crippen LogP contribution in [-0.2, 0) is 0 Å². The highest BCUT2D eigenvalue weighted by atomic mass is 35.5. The van der Waals surface area contributed by atoms with Crippen LogP contribution in [0.2, 0.25) is 0 Å². The lowest BCUT2D eigenvalue weighted by Gasteiger charge is -2.37. The summed E-state index contributed by atoms with van der Waals surface area (Å²) in [6, 6.07) is 10.7. The lowest BCUT2D eigenvalue weighted by atomic mass is 9.71. The summed E-state index contributed by atoms with van der Waals surface area (Å²) in [5.41, 5.74) is 3.37. The number of para-hydroxylation sites is 1. The highest BCUT2D eigenvalue weighted by Crippen LogP contribution is 2.38. The van der Waals surface area contributed by atoms with Gasteiger partial charge < -0.3 is 5.32 Å². The fraction of sp³-hybridized carbons (Fsp3) is 0.522. The van der Waals surface area contributed by atoms with E-state index in [1.54, 1.807) is 0 Å². The maximum absolute atomic E-state index is 4.89. The standard InChI is InChI=1S/C23H31N5.ClH/c1-15-14-16(2)28(27-15)22-25-20-9-7-6-8-19(20)21(26-22)24-18-12-10-17(11-13-18)23(3,4)5;/h6-9,14,17-18H,10-13H2,1-5H3,(H,24,25,26);1H. The summed E-state index contributed by atoms with van der Waals surface area (Å²) in [6.45, 7) is 11.1. The molecule has 1 saturated carbocycles. The Bertz CT molecular complexity index is 981. The number of aryl methyl sites for hydroxylation is 2. The second-order valence-corrected chi connectivity index (χ2v) is 9.29. The lowest BCUT2D eigenvalue weighted by Crippen LogP contribution is -2.32. The van der Waals surface area contributed by atoms with Gasteiger partial charge in [0.1, 0.15) is 5.82 Å². The molecule has 0 amide bonds. The number of benzene rings is 1. The van der Waals surface area contributed by atoms with E-state index >= 15 is 0 Å². The third-order valence-electron chi connectivity index (χ3n) is 6.08. The smallest absolute Gasteiger partial charge is 0.253 e.